The van der Waals surface area contributed by atoms with Crippen LogP contribution in [0.3, 0.4) is 0 Å². The number of hydrogen-bond donors (Lipinski definition) is 1. The van der Waals surface area contributed by atoms with Crippen molar-refractivity contribution in [2.45, 2.75) is 26.2 Å². The Morgan fingerprint density at radius 1 is 1.19 bits per heavy atom. The van der Waals surface area contributed by atoms with Gasteiger partial charge in [-0.15, -0.1) is 5.10 Å². The van der Waals surface area contributed by atoms with E-state index < -0.39 is 0 Å². The average molecular weight is 217 g/mol. The van der Waals surface area contributed by atoms with Crippen LogP contribution in [0.5, 0.6) is 0 Å². The number of nitrogen functional groups attached to an aromatic ring is 1. The number of rotatable bonds is 1. The number of nitrogens with two attached hydrogens (primary N) is 1. The van der Waals surface area contributed by atoms with Gasteiger partial charge in [-0.05, 0) is 23.1 Å². The molecule has 1 aromatic carbocycles. The number of nitrogens with zero attached hydrogens (tertiary/aromatic N) is 2. The third-order valence-corrected chi connectivity index (χ3v) is 2.42. The van der Waals surface area contributed by atoms with Crippen LogP contribution in [0.2, 0.25) is 0 Å². The molecule has 84 valence electrons. The highest BCUT2D eigenvalue weighted by molar-refractivity contribution is 5.55. The van der Waals surface area contributed by atoms with Crippen LogP contribution in [0.1, 0.15) is 26.3 Å². The maximum atomic E-state index is 5.40. The molecule has 4 heteroatoms. The minimum absolute atomic E-state index is 0.0937. The molecule has 0 amide bonds. The quantitative estimate of drug-likeness (QED) is 0.797. The summed E-state index contributed by atoms with van der Waals surface area (Å²) in [4.78, 5) is 0. The van der Waals surface area contributed by atoms with Gasteiger partial charge >= 0.3 is 6.01 Å². The van der Waals surface area contributed by atoms with Gasteiger partial charge in [-0.25, -0.2) is 0 Å². The van der Waals surface area contributed by atoms with Crippen molar-refractivity contribution in [2.24, 2.45) is 0 Å². The molecule has 2 rings (SSSR count). The van der Waals surface area contributed by atoms with Gasteiger partial charge < -0.3 is 10.2 Å². The first-order valence-corrected chi connectivity index (χ1v) is 5.17. The van der Waals surface area contributed by atoms with Gasteiger partial charge in [-0.2, -0.15) is 0 Å². The lowest BCUT2D eigenvalue weighted by molar-refractivity contribution is 0.583. The smallest absolute Gasteiger partial charge is 0.313 e. The van der Waals surface area contributed by atoms with E-state index in [4.69, 9.17) is 10.2 Å². The van der Waals surface area contributed by atoms with Crippen molar-refractivity contribution in [3.63, 3.8) is 0 Å². The molecular weight excluding hydrogens is 202 g/mol. The molecule has 0 atom stereocenters. The van der Waals surface area contributed by atoms with Crippen LogP contribution in [0.25, 0.3) is 11.5 Å². The molecule has 0 aliphatic rings. The predicted molar refractivity (Wildman–Crippen MR) is 62.8 cm³/mol. The molecule has 0 aliphatic carbocycles. The highest BCUT2D eigenvalue weighted by Gasteiger charge is 2.15. The third-order valence-electron chi connectivity index (χ3n) is 2.42. The van der Waals surface area contributed by atoms with E-state index in [1.165, 1.54) is 5.56 Å². The summed E-state index contributed by atoms with van der Waals surface area (Å²) in [6.45, 7) is 6.48. The maximum absolute atomic E-state index is 5.40. The van der Waals surface area contributed by atoms with Gasteiger partial charge in [0.05, 0.1) is 0 Å². The second-order valence-corrected chi connectivity index (χ2v) is 4.78. The van der Waals surface area contributed by atoms with Crippen LogP contribution >= 0.6 is 0 Å². The zero-order valence-electron chi connectivity index (χ0n) is 9.69. The summed E-state index contributed by atoms with van der Waals surface area (Å²) in [5.74, 6) is 0.462. The third kappa shape index (κ3) is 2.05. The van der Waals surface area contributed by atoms with E-state index >= 15 is 0 Å². The second kappa shape index (κ2) is 3.63. The monoisotopic (exact) mass is 217 g/mol. The lowest BCUT2D eigenvalue weighted by Gasteiger charge is -2.19. The summed E-state index contributed by atoms with van der Waals surface area (Å²) >= 11 is 0. The lowest BCUT2D eigenvalue weighted by Crippen LogP contribution is -2.10. The van der Waals surface area contributed by atoms with E-state index in [0.29, 0.717) is 5.89 Å². The SMILES string of the molecule is CC(C)(C)c1cccc(-c2nnc(N)o2)c1. The summed E-state index contributed by atoms with van der Waals surface area (Å²) < 4.78 is 5.19. The fraction of sp³-hybridized carbons (Fsp3) is 0.333. The first-order chi connectivity index (χ1) is 7.47. The first kappa shape index (κ1) is 10.7. The number of hydrogen-bond acceptors (Lipinski definition) is 4. The normalized spacial score (nSPS) is 11.7. The van der Waals surface area contributed by atoms with Crippen LogP contribution < -0.4 is 5.73 Å². The van der Waals surface area contributed by atoms with Crippen LogP contribution in [0.15, 0.2) is 28.7 Å². The van der Waals surface area contributed by atoms with Crippen LogP contribution in [0, 0.1) is 0 Å². The minimum Gasteiger partial charge on any atom is -0.404 e. The number of benzene rings is 1. The zero-order chi connectivity index (χ0) is 11.8. The Kier molecular flexibility index (Phi) is 2.42. The van der Waals surface area contributed by atoms with Crippen molar-refractivity contribution < 1.29 is 4.42 Å². The van der Waals surface area contributed by atoms with E-state index in [2.05, 4.69) is 37.0 Å². The van der Waals surface area contributed by atoms with Crippen molar-refractivity contribution in [1.29, 1.82) is 0 Å². The molecule has 1 heterocycles. The van der Waals surface area contributed by atoms with Crippen molar-refractivity contribution in [3.8, 4) is 11.5 Å². The highest BCUT2D eigenvalue weighted by Crippen LogP contribution is 2.27. The molecule has 0 aliphatic heterocycles. The van der Waals surface area contributed by atoms with Gasteiger partial charge in [-0.1, -0.05) is 38.0 Å². The van der Waals surface area contributed by atoms with Crippen molar-refractivity contribution in [2.75, 3.05) is 5.73 Å². The van der Waals surface area contributed by atoms with Crippen molar-refractivity contribution >= 4 is 6.01 Å². The molecular formula is C12H15N3O. The molecule has 0 spiro atoms. The summed E-state index contributed by atoms with van der Waals surface area (Å²) in [7, 11) is 0. The van der Waals surface area contributed by atoms with Crippen LogP contribution in [0.4, 0.5) is 6.01 Å². The Labute approximate surface area is 94.5 Å². The standard InChI is InChI=1S/C12H15N3O/c1-12(2,3)9-6-4-5-8(7-9)10-14-15-11(13)16-10/h4-7H,1-3H3,(H2,13,15). The largest absolute Gasteiger partial charge is 0.404 e. The van der Waals surface area contributed by atoms with Gasteiger partial charge in [0.25, 0.3) is 0 Å². The summed E-state index contributed by atoms with van der Waals surface area (Å²) in [5, 5.41) is 7.51. The molecule has 1 aromatic heterocycles. The average Bonchev–Trinajstić information content (AvgIpc) is 2.64. The summed E-state index contributed by atoms with van der Waals surface area (Å²) in [6.07, 6.45) is 0. The van der Waals surface area contributed by atoms with Gasteiger partial charge in [0.1, 0.15) is 0 Å². The Hall–Kier alpha value is -1.84. The Morgan fingerprint density at radius 3 is 2.50 bits per heavy atom. The van der Waals surface area contributed by atoms with E-state index in [1.54, 1.807) is 0 Å². The maximum Gasteiger partial charge on any atom is 0.313 e. The molecule has 0 bridgehead atoms. The molecule has 2 aromatic rings. The fourth-order valence-electron chi connectivity index (χ4n) is 1.47. The van der Waals surface area contributed by atoms with Gasteiger partial charge in [0, 0.05) is 5.56 Å². The molecule has 0 unspecified atom stereocenters. The van der Waals surface area contributed by atoms with Crippen molar-refractivity contribution in [3.05, 3.63) is 29.8 Å². The molecule has 4 nitrogen and oxygen atoms in total. The predicted octanol–water partition coefficient (Wildman–Crippen LogP) is 2.62. The Balaban J connectivity index is 2.44. The van der Waals surface area contributed by atoms with E-state index in [9.17, 15) is 0 Å². The Bertz CT molecular complexity index is 497. The molecule has 2 N–H and O–H groups in total. The molecule has 0 saturated carbocycles. The minimum atomic E-state index is 0.0937. The molecule has 0 fully saturated rings. The van der Waals surface area contributed by atoms with E-state index in [1.807, 2.05) is 18.2 Å². The fourth-order valence-corrected chi connectivity index (χ4v) is 1.47. The molecule has 0 radical (unpaired) electrons. The van der Waals surface area contributed by atoms with E-state index in [0.717, 1.165) is 5.56 Å². The Morgan fingerprint density at radius 2 is 1.94 bits per heavy atom. The van der Waals surface area contributed by atoms with Crippen LogP contribution in [-0.4, -0.2) is 10.2 Å². The summed E-state index contributed by atoms with van der Waals surface area (Å²) in [6, 6.07) is 8.14. The first-order valence-electron chi connectivity index (χ1n) is 5.17. The zero-order valence-corrected chi connectivity index (χ0v) is 9.69. The van der Waals surface area contributed by atoms with E-state index in [-0.39, 0.29) is 11.4 Å². The van der Waals surface area contributed by atoms with Crippen molar-refractivity contribution in [1.82, 2.24) is 10.2 Å². The lowest BCUT2D eigenvalue weighted by atomic mass is 9.86. The highest BCUT2D eigenvalue weighted by atomic mass is 16.4. The van der Waals surface area contributed by atoms with Gasteiger partial charge in [-0.3, -0.25) is 0 Å². The second-order valence-electron chi connectivity index (χ2n) is 4.78. The molecule has 16 heavy (non-hydrogen) atoms. The van der Waals surface area contributed by atoms with Gasteiger partial charge in [0.15, 0.2) is 0 Å². The number of aromatic nitrogens is 2. The number of anilines is 1. The van der Waals surface area contributed by atoms with Crippen LogP contribution in [-0.2, 0) is 5.41 Å². The topological polar surface area (TPSA) is 64.9 Å². The molecule has 0 saturated heterocycles. The summed E-state index contributed by atoms with van der Waals surface area (Å²) in [5.41, 5.74) is 7.62. The van der Waals surface area contributed by atoms with Gasteiger partial charge in [0.2, 0.25) is 5.89 Å².